The Labute approximate surface area is 250 Å². The summed E-state index contributed by atoms with van der Waals surface area (Å²) in [6, 6.07) is 0. The molecule has 6 heteroatoms. The summed E-state index contributed by atoms with van der Waals surface area (Å²) in [5.41, 5.74) is 0.454. The highest BCUT2D eigenvalue weighted by molar-refractivity contribution is 5.32. The summed E-state index contributed by atoms with van der Waals surface area (Å²) in [6.07, 6.45) is 11.4. The molecule has 2 spiro atoms. The van der Waals surface area contributed by atoms with Crippen LogP contribution in [-0.2, 0) is 14.2 Å². The summed E-state index contributed by atoms with van der Waals surface area (Å²) < 4.78 is 18.6. The molecule has 6 fully saturated rings. The minimum atomic E-state index is -0.832. The van der Waals surface area contributed by atoms with Gasteiger partial charge in [0.05, 0.1) is 30.5 Å². The van der Waals surface area contributed by atoms with E-state index in [2.05, 4.69) is 33.0 Å². The molecule has 0 amide bonds. The van der Waals surface area contributed by atoms with Gasteiger partial charge in [0.15, 0.2) is 6.29 Å². The summed E-state index contributed by atoms with van der Waals surface area (Å²) in [6.45, 7) is 19.0. The lowest BCUT2D eigenvalue weighted by Gasteiger charge is -2.59. The second kappa shape index (κ2) is 10.7. The third kappa shape index (κ3) is 4.54. The zero-order valence-electron chi connectivity index (χ0n) is 27.2. The number of morpholine rings is 1. The lowest BCUT2D eigenvalue weighted by atomic mass is 9.46. The molecule has 3 N–H and O–H groups in total. The topological polar surface area (TPSA) is 80.2 Å². The van der Waals surface area contributed by atoms with E-state index in [1.54, 1.807) is 0 Å². The number of hydrogen-bond donors (Lipinski definition) is 3. The van der Waals surface area contributed by atoms with E-state index in [-0.39, 0.29) is 35.4 Å². The zero-order chi connectivity index (χ0) is 29.4. The monoisotopic (exact) mass is 575 g/mol. The van der Waals surface area contributed by atoms with Gasteiger partial charge in [-0.1, -0.05) is 34.1 Å². The first-order chi connectivity index (χ1) is 19.3. The fourth-order valence-electron chi connectivity index (χ4n) is 12.7. The molecule has 5 saturated carbocycles. The molecule has 41 heavy (non-hydrogen) atoms. The van der Waals surface area contributed by atoms with Crippen LogP contribution in [0.25, 0.3) is 0 Å². The molecule has 1 heterocycles. The Hall–Kier alpha value is -0.240. The van der Waals surface area contributed by atoms with E-state index in [1.807, 2.05) is 20.8 Å². The number of rotatable bonds is 9. The Morgan fingerprint density at radius 2 is 1.83 bits per heavy atom. The maximum absolute atomic E-state index is 11.6. The zero-order valence-corrected chi connectivity index (χ0v) is 27.2. The smallest absolute Gasteiger partial charge is 0.170 e. The van der Waals surface area contributed by atoms with Crippen molar-refractivity contribution in [1.82, 2.24) is 5.32 Å². The Morgan fingerprint density at radius 3 is 2.51 bits per heavy atom. The lowest BCUT2D eigenvalue weighted by molar-refractivity contribution is -0.232. The summed E-state index contributed by atoms with van der Waals surface area (Å²) in [7, 11) is 0. The highest BCUT2D eigenvalue weighted by Crippen LogP contribution is 2.89. The number of hydrogen-bond acceptors (Lipinski definition) is 6. The number of ether oxygens (including phenoxy) is 3. The van der Waals surface area contributed by atoms with Gasteiger partial charge in [-0.25, -0.2) is 0 Å². The van der Waals surface area contributed by atoms with Gasteiger partial charge in [0.1, 0.15) is 0 Å². The van der Waals surface area contributed by atoms with E-state index in [4.69, 9.17) is 14.2 Å². The molecule has 0 aromatic rings. The van der Waals surface area contributed by atoms with Crippen molar-refractivity contribution in [2.24, 2.45) is 51.2 Å². The predicted molar refractivity (Wildman–Crippen MR) is 161 cm³/mol. The maximum atomic E-state index is 11.6. The van der Waals surface area contributed by atoms with Crippen molar-refractivity contribution in [3.05, 3.63) is 0 Å². The largest absolute Gasteiger partial charge is 0.393 e. The van der Waals surface area contributed by atoms with Gasteiger partial charge in [0, 0.05) is 19.7 Å². The molecule has 6 aliphatic rings. The quantitative estimate of drug-likeness (QED) is 0.316. The fraction of sp³-hybridized carbons (Fsp3) is 1.00. The van der Waals surface area contributed by atoms with E-state index < -0.39 is 5.60 Å². The molecule has 1 aliphatic heterocycles. The molecular weight excluding hydrogens is 514 g/mol. The lowest BCUT2D eigenvalue weighted by Crippen LogP contribution is -2.56. The predicted octanol–water partition coefficient (Wildman–Crippen LogP) is 5.93. The third-order valence-electron chi connectivity index (χ3n) is 14.5. The first-order valence-corrected chi connectivity index (χ1v) is 17.3. The van der Waals surface area contributed by atoms with Gasteiger partial charge in [-0.3, -0.25) is 0 Å². The summed E-state index contributed by atoms with van der Waals surface area (Å²) in [5, 5.41) is 25.6. The van der Waals surface area contributed by atoms with Gasteiger partial charge >= 0.3 is 0 Å². The van der Waals surface area contributed by atoms with Crippen LogP contribution in [0.4, 0.5) is 0 Å². The minimum Gasteiger partial charge on any atom is -0.393 e. The van der Waals surface area contributed by atoms with E-state index in [0.717, 1.165) is 63.6 Å². The van der Waals surface area contributed by atoms with Crippen LogP contribution in [0.1, 0.15) is 113 Å². The highest BCUT2D eigenvalue weighted by atomic mass is 16.7. The van der Waals surface area contributed by atoms with Crippen LogP contribution < -0.4 is 5.32 Å². The van der Waals surface area contributed by atoms with Gasteiger partial charge in [-0.2, -0.15) is 0 Å². The van der Waals surface area contributed by atoms with Crippen LogP contribution in [0.15, 0.2) is 0 Å². The van der Waals surface area contributed by atoms with E-state index in [9.17, 15) is 10.2 Å². The molecule has 5 unspecified atom stereocenters. The molecule has 0 aromatic heterocycles. The minimum absolute atomic E-state index is 0.108. The molecular formula is C35H61NO5. The van der Waals surface area contributed by atoms with Crippen molar-refractivity contribution in [2.45, 2.75) is 143 Å². The first-order valence-electron chi connectivity index (χ1n) is 17.3. The summed E-state index contributed by atoms with van der Waals surface area (Å²) in [5.74, 6) is 3.23. The first kappa shape index (κ1) is 30.8. The Bertz CT molecular complexity index is 943. The average molecular weight is 576 g/mol. The fourth-order valence-corrected chi connectivity index (χ4v) is 12.7. The molecule has 0 radical (unpaired) electrons. The van der Waals surface area contributed by atoms with Gasteiger partial charge in [-0.15, -0.1) is 0 Å². The van der Waals surface area contributed by atoms with E-state index in [1.165, 1.54) is 32.1 Å². The Morgan fingerprint density at radius 1 is 1.05 bits per heavy atom. The van der Waals surface area contributed by atoms with Gasteiger partial charge in [0.25, 0.3) is 0 Å². The van der Waals surface area contributed by atoms with Crippen molar-refractivity contribution in [3.8, 4) is 0 Å². The van der Waals surface area contributed by atoms with Gasteiger partial charge < -0.3 is 29.7 Å². The standard InChI is InChI=1S/C35H61NO5/c1-8-39-29(32(5,6)38)11-9-10-24-26(37)20-25-23-12-13-27-31(3,4)28(41-30-21-36-18-19-40-30)14-15-35(27)22(2)34(23,35)17-16-33(24,25)7/h22-30,36-38H,8-21H2,1-7H3/t22-,23-,24?,25?,26+,27?,28-,29?,30?,33+,34-,35+/m0/s1. The Kier molecular flexibility index (Phi) is 8.02. The van der Waals surface area contributed by atoms with Crippen molar-refractivity contribution in [1.29, 1.82) is 0 Å². The second-order valence-corrected chi connectivity index (χ2v) is 16.6. The van der Waals surface area contributed by atoms with Crippen LogP contribution in [-0.4, -0.2) is 66.7 Å². The van der Waals surface area contributed by atoms with Gasteiger partial charge in [0.2, 0.25) is 0 Å². The molecule has 1 saturated heterocycles. The summed E-state index contributed by atoms with van der Waals surface area (Å²) in [4.78, 5) is 0. The normalized spacial score (nSPS) is 49.4. The Balaban J connectivity index is 1.16. The van der Waals surface area contributed by atoms with Crippen LogP contribution in [0.5, 0.6) is 0 Å². The third-order valence-corrected chi connectivity index (χ3v) is 14.5. The average Bonchev–Trinajstić information content (AvgIpc) is 3.33. The molecule has 5 aliphatic carbocycles. The maximum Gasteiger partial charge on any atom is 0.170 e. The SMILES string of the molecule is CCOC(CCCC1[C@H](O)CC2[C@@H]3CCC4C(C)(C)[C@@H](OC5CNCCO5)CC[C@@]45[C@@H](C)[C@@]35CC[C@]12C)C(C)(C)O. The molecule has 0 aromatic carbocycles. The van der Waals surface area contributed by atoms with Crippen molar-refractivity contribution in [2.75, 3.05) is 26.3 Å². The molecule has 6 rings (SSSR count). The number of nitrogens with one attached hydrogen (secondary N) is 1. The molecule has 0 bridgehead atoms. The van der Waals surface area contributed by atoms with Crippen LogP contribution in [0, 0.1) is 51.2 Å². The molecule has 6 nitrogen and oxygen atoms in total. The molecule has 12 atom stereocenters. The summed E-state index contributed by atoms with van der Waals surface area (Å²) >= 11 is 0. The van der Waals surface area contributed by atoms with E-state index in [0.29, 0.717) is 35.2 Å². The van der Waals surface area contributed by atoms with Gasteiger partial charge in [-0.05, 0) is 130 Å². The number of aliphatic hydroxyl groups excluding tert-OH is 1. The van der Waals surface area contributed by atoms with Crippen molar-refractivity contribution < 1.29 is 24.4 Å². The van der Waals surface area contributed by atoms with Crippen LogP contribution in [0.3, 0.4) is 0 Å². The highest BCUT2D eigenvalue weighted by Gasteiger charge is 2.84. The van der Waals surface area contributed by atoms with Crippen LogP contribution >= 0.6 is 0 Å². The van der Waals surface area contributed by atoms with Crippen molar-refractivity contribution >= 4 is 0 Å². The number of aliphatic hydroxyl groups is 2. The second-order valence-electron chi connectivity index (χ2n) is 16.6. The number of fused-ring (bicyclic) bond motifs is 2. The van der Waals surface area contributed by atoms with Crippen LogP contribution in [0.2, 0.25) is 0 Å². The molecule has 236 valence electrons. The van der Waals surface area contributed by atoms with Crippen molar-refractivity contribution in [3.63, 3.8) is 0 Å². The van der Waals surface area contributed by atoms with E-state index >= 15 is 0 Å².